The first-order valence-electron chi connectivity index (χ1n) is 7.83. The molecule has 0 aromatic heterocycles. The molecular weight excluding hydrogens is 366 g/mol. The SMILES string of the molecule is COC(=O)c1ccc(/C=C(\C#N)C(=O)Nc2ccc(OC)cc2[N+](=O)[O-])cc1. The highest BCUT2D eigenvalue weighted by molar-refractivity contribution is 6.10. The quantitative estimate of drug-likeness (QED) is 0.267. The highest BCUT2D eigenvalue weighted by atomic mass is 16.6. The molecule has 0 unspecified atom stereocenters. The molecule has 0 saturated carbocycles. The molecule has 0 fully saturated rings. The second-order valence-electron chi connectivity index (χ2n) is 5.38. The summed E-state index contributed by atoms with van der Waals surface area (Å²) in [6, 6.07) is 11.7. The Morgan fingerprint density at radius 1 is 1.18 bits per heavy atom. The molecule has 1 N–H and O–H groups in total. The van der Waals surface area contributed by atoms with Gasteiger partial charge in [0, 0.05) is 0 Å². The topological polar surface area (TPSA) is 132 Å². The number of nitro groups is 1. The Morgan fingerprint density at radius 3 is 2.39 bits per heavy atom. The number of methoxy groups -OCH3 is 2. The molecule has 2 aromatic carbocycles. The van der Waals surface area contributed by atoms with E-state index in [1.165, 1.54) is 56.7 Å². The van der Waals surface area contributed by atoms with Crippen LogP contribution in [0.25, 0.3) is 6.08 Å². The fraction of sp³-hybridized carbons (Fsp3) is 0.105. The zero-order chi connectivity index (χ0) is 20.7. The average molecular weight is 381 g/mol. The number of carbonyl (C=O) groups excluding carboxylic acids is 2. The lowest BCUT2D eigenvalue weighted by Crippen LogP contribution is -2.14. The lowest BCUT2D eigenvalue weighted by Gasteiger charge is -2.07. The van der Waals surface area contributed by atoms with E-state index in [0.717, 1.165) is 6.07 Å². The predicted octanol–water partition coefficient (Wildman–Crippen LogP) is 2.94. The van der Waals surface area contributed by atoms with Crippen molar-refractivity contribution < 1.29 is 24.0 Å². The Morgan fingerprint density at radius 2 is 1.86 bits per heavy atom. The molecule has 0 bridgehead atoms. The summed E-state index contributed by atoms with van der Waals surface area (Å²) in [6.07, 6.45) is 1.30. The van der Waals surface area contributed by atoms with Crippen molar-refractivity contribution in [2.24, 2.45) is 0 Å². The van der Waals surface area contributed by atoms with Crippen LogP contribution in [0.4, 0.5) is 11.4 Å². The minimum Gasteiger partial charge on any atom is -0.496 e. The monoisotopic (exact) mass is 381 g/mol. The highest BCUT2D eigenvalue weighted by Crippen LogP contribution is 2.29. The molecule has 1 amide bonds. The zero-order valence-electron chi connectivity index (χ0n) is 15.0. The van der Waals surface area contributed by atoms with Crippen LogP contribution in [-0.4, -0.2) is 31.0 Å². The zero-order valence-corrected chi connectivity index (χ0v) is 15.0. The number of amides is 1. The number of benzene rings is 2. The first kappa shape index (κ1) is 20.1. The van der Waals surface area contributed by atoms with Gasteiger partial charge < -0.3 is 14.8 Å². The van der Waals surface area contributed by atoms with Gasteiger partial charge in [0.25, 0.3) is 11.6 Å². The van der Waals surface area contributed by atoms with Crippen molar-refractivity contribution in [2.75, 3.05) is 19.5 Å². The van der Waals surface area contributed by atoms with Crippen LogP contribution < -0.4 is 10.1 Å². The Kier molecular flexibility index (Phi) is 6.44. The van der Waals surface area contributed by atoms with E-state index in [1.54, 1.807) is 6.07 Å². The van der Waals surface area contributed by atoms with Crippen LogP contribution in [0.15, 0.2) is 48.0 Å². The van der Waals surface area contributed by atoms with Gasteiger partial charge in [-0.25, -0.2) is 4.79 Å². The van der Waals surface area contributed by atoms with Crippen LogP contribution in [-0.2, 0) is 9.53 Å². The molecule has 2 rings (SSSR count). The number of nitrogens with zero attached hydrogens (tertiary/aromatic N) is 2. The molecule has 0 atom stereocenters. The van der Waals surface area contributed by atoms with E-state index in [-0.39, 0.29) is 22.7 Å². The fourth-order valence-corrected chi connectivity index (χ4v) is 2.23. The maximum absolute atomic E-state index is 12.4. The molecule has 0 aliphatic rings. The molecule has 0 aliphatic heterocycles. The van der Waals surface area contributed by atoms with E-state index in [0.29, 0.717) is 11.1 Å². The molecule has 0 aliphatic carbocycles. The smallest absolute Gasteiger partial charge is 0.337 e. The Bertz CT molecular complexity index is 990. The first-order valence-corrected chi connectivity index (χ1v) is 7.83. The molecule has 2 aromatic rings. The number of esters is 1. The van der Waals surface area contributed by atoms with Crippen molar-refractivity contribution in [3.05, 3.63) is 69.3 Å². The summed E-state index contributed by atoms with van der Waals surface area (Å²) in [5.41, 5.74) is 0.0985. The molecular formula is C19H15N3O6. The van der Waals surface area contributed by atoms with Gasteiger partial charge in [0.15, 0.2) is 0 Å². The van der Waals surface area contributed by atoms with E-state index in [2.05, 4.69) is 10.1 Å². The maximum Gasteiger partial charge on any atom is 0.337 e. The van der Waals surface area contributed by atoms with Crippen molar-refractivity contribution in [3.63, 3.8) is 0 Å². The third-order valence-corrected chi connectivity index (χ3v) is 3.66. The Balaban J connectivity index is 2.27. The fourth-order valence-electron chi connectivity index (χ4n) is 2.23. The predicted molar refractivity (Wildman–Crippen MR) is 99.6 cm³/mol. The van der Waals surface area contributed by atoms with Gasteiger partial charge in [-0.05, 0) is 35.9 Å². The number of nitrogens with one attached hydrogen (secondary N) is 1. The molecule has 142 valence electrons. The number of rotatable bonds is 6. The van der Waals surface area contributed by atoms with Gasteiger partial charge in [0.2, 0.25) is 0 Å². The first-order chi connectivity index (χ1) is 13.4. The normalized spacial score (nSPS) is 10.5. The summed E-state index contributed by atoms with van der Waals surface area (Å²) in [5, 5.41) is 22.8. The molecule has 9 nitrogen and oxygen atoms in total. The third kappa shape index (κ3) is 4.70. The lowest BCUT2D eigenvalue weighted by atomic mass is 10.1. The summed E-state index contributed by atoms with van der Waals surface area (Å²) in [6.45, 7) is 0. The molecule has 28 heavy (non-hydrogen) atoms. The third-order valence-electron chi connectivity index (χ3n) is 3.66. The number of nitriles is 1. The highest BCUT2D eigenvalue weighted by Gasteiger charge is 2.19. The lowest BCUT2D eigenvalue weighted by molar-refractivity contribution is -0.384. The van der Waals surface area contributed by atoms with E-state index < -0.39 is 16.8 Å². The van der Waals surface area contributed by atoms with Crippen LogP contribution >= 0.6 is 0 Å². The van der Waals surface area contributed by atoms with Gasteiger partial charge in [-0.2, -0.15) is 5.26 Å². The van der Waals surface area contributed by atoms with Crippen molar-refractivity contribution in [3.8, 4) is 11.8 Å². The average Bonchev–Trinajstić information content (AvgIpc) is 2.71. The van der Waals surface area contributed by atoms with Crippen LogP contribution in [0.3, 0.4) is 0 Å². The Hall–Kier alpha value is -4.19. The number of ether oxygens (including phenoxy) is 2. The molecule has 0 heterocycles. The van der Waals surface area contributed by atoms with Crippen LogP contribution in [0.2, 0.25) is 0 Å². The standard InChI is InChI=1S/C19H15N3O6/c1-27-15-7-8-16(17(10-15)22(25)26)21-18(23)14(11-20)9-12-3-5-13(6-4-12)19(24)28-2/h3-10H,1-2H3,(H,21,23)/b14-9+. The van der Waals surface area contributed by atoms with Crippen LogP contribution in [0.1, 0.15) is 15.9 Å². The van der Waals surface area contributed by atoms with Crippen molar-refractivity contribution in [1.82, 2.24) is 0 Å². The number of anilines is 1. The second kappa shape index (κ2) is 8.95. The van der Waals surface area contributed by atoms with Gasteiger partial charge in [-0.3, -0.25) is 14.9 Å². The van der Waals surface area contributed by atoms with Gasteiger partial charge in [-0.1, -0.05) is 12.1 Å². The van der Waals surface area contributed by atoms with E-state index in [9.17, 15) is 25.0 Å². The number of hydrogen-bond acceptors (Lipinski definition) is 7. The molecule has 9 heteroatoms. The van der Waals surface area contributed by atoms with E-state index in [4.69, 9.17) is 4.74 Å². The van der Waals surface area contributed by atoms with Crippen molar-refractivity contribution >= 4 is 29.3 Å². The summed E-state index contributed by atoms with van der Waals surface area (Å²) in [4.78, 5) is 34.3. The largest absolute Gasteiger partial charge is 0.496 e. The molecule has 0 radical (unpaired) electrons. The summed E-state index contributed by atoms with van der Waals surface area (Å²) in [5.74, 6) is -1.07. The van der Waals surface area contributed by atoms with E-state index in [1.807, 2.05) is 0 Å². The van der Waals surface area contributed by atoms with Gasteiger partial charge in [0.1, 0.15) is 23.1 Å². The second-order valence-corrected chi connectivity index (χ2v) is 5.38. The van der Waals surface area contributed by atoms with E-state index >= 15 is 0 Å². The van der Waals surface area contributed by atoms with Crippen molar-refractivity contribution in [1.29, 1.82) is 5.26 Å². The number of nitro benzene ring substituents is 1. The number of hydrogen-bond donors (Lipinski definition) is 1. The van der Waals surface area contributed by atoms with Crippen molar-refractivity contribution in [2.45, 2.75) is 0 Å². The molecule has 0 spiro atoms. The van der Waals surface area contributed by atoms with Crippen LogP contribution in [0.5, 0.6) is 5.75 Å². The minimum absolute atomic E-state index is 0.0713. The molecule has 0 saturated heterocycles. The van der Waals surface area contributed by atoms with Crippen LogP contribution in [0, 0.1) is 21.4 Å². The minimum atomic E-state index is -0.812. The van der Waals surface area contributed by atoms with Gasteiger partial charge in [-0.15, -0.1) is 0 Å². The summed E-state index contributed by atoms with van der Waals surface area (Å²) < 4.78 is 9.53. The Labute approximate surface area is 159 Å². The summed E-state index contributed by atoms with van der Waals surface area (Å²) in [7, 11) is 2.62. The summed E-state index contributed by atoms with van der Waals surface area (Å²) >= 11 is 0. The van der Waals surface area contributed by atoms with Gasteiger partial charge >= 0.3 is 5.97 Å². The maximum atomic E-state index is 12.4. The van der Waals surface area contributed by atoms with Gasteiger partial charge in [0.05, 0.1) is 30.8 Å². The number of carbonyl (C=O) groups is 2.